The lowest BCUT2D eigenvalue weighted by Gasteiger charge is -2.25. The van der Waals surface area contributed by atoms with Crippen molar-refractivity contribution in [1.82, 2.24) is 4.90 Å². The van der Waals surface area contributed by atoms with Gasteiger partial charge in [0.1, 0.15) is 11.5 Å². The van der Waals surface area contributed by atoms with Gasteiger partial charge in [-0.1, -0.05) is 83.9 Å². The van der Waals surface area contributed by atoms with E-state index in [1.165, 1.54) is 0 Å². The SMILES string of the molecule is CCCCOc1cccc(C(O)=C2C(=O)C(=O)N(CCc3ccccc3)C2c2ccc(Br)cc2)c1. The normalized spacial score (nSPS) is 17.1. The van der Waals surface area contributed by atoms with Gasteiger partial charge in [0, 0.05) is 16.6 Å². The Morgan fingerprint density at radius 3 is 2.46 bits per heavy atom. The minimum Gasteiger partial charge on any atom is -0.507 e. The molecule has 180 valence electrons. The van der Waals surface area contributed by atoms with E-state index in [9.17, 15) is 14.7 Å². The fraction of sp³-hybridized carbons (Fsp3) is 0.241. The van der Waals surface area contributed by atoms with Crippen molar-refractivity contribution >= 4 is 33.4 Å². The number of amides is 1. The van der Waals surface area contributed by atoms with Crippen LogP contribution in [0.5, 0.6) is 5.75 Å². The summed E-state index contributed by atoms with van der Waals surface area (Å²) in [4.78, 5) is 28.0. The van der Waals surface area contributed by atoms with Gasteiger partial charge in [-0.15, -0.1) is 0 Å². The highest BCUT2D eigenvalue weighted by molar-refractivity contribution is 9.10. The van der Waals surface area contributed by atoms with Crippen molar-refractivity contribution in [1.29, 1.82) is 0 Å². The van der Waals surface area contributed by atoms with E-state index in [1.807, 2.05) is 60.7 Å². The average Bonchev–Trinajstić information content (AvgIpc) is 3.13. The van der Waals surface area contributed by atoms with Gasteiger partial charge < -0.3 is 14.7 Å². The summed E-state index contributed by atoms with van der Waals surface area (Å²) in [6, 6.07) is 23.6. The number of ether oxygens (including phenoxy) is 1. The Labute approximate surface area is 214 Å². The first-order chi connectivity index (χ1) is 17.0. The van der Waals surface area contributed by atoms with Crippen LogP contribution in [0.4, 0.5) is 0 Å². The Morgan fingerprint density at radius 1 is 1.00 bits per heavy atom. The van der Waals surface area contributed by atoms with Crippen LogP contribution in [0.15, 0.2) is 88.9 Å². The molecule has 1 heterocycles. The summed E-state index contributed by atoms with van der Waals surface area (Å²) in [5, 5.41) is 11.3. The number of halogens is 1. The predicted molar refractivity (Wildman–Crippen MR) is 140 cm³/mol. The maximum Gasteiger partial charge on any atom is 0.295 e. The molecule has 3 aromatic rings. The number of unbranched alkanes of at least 4 members (excludes halogenated alkanes) is 1. The van der Waals surface area contributed by atoms with Crippen molar-refractivity contribution in [2.24, 2.45) is 0 Å². The Kier molecular flexibility index (Phi) is 8.03. The van der Waals surface area contributed by atoms with Gasteiger partial charge in [-0.3, -0.25) is 9.59 Å². The van der Waals surface area contributed by atoms with Gasteiger partial charge in [0.25, 0.3) is 11.7 Å². The van der Waals surface area contributed by atoms with Gasteiger partial charge in [0.05, 0.1) is 18.2 Å². The number of Topliss-reactive ketones (excluding diaryl/α,β-unsaturated/α-hetero) is 1. The predicted octanol–water partition coefficient (Wildman–Crippen LogP) is 6.29. The molecule has 1 N–H and O–H groups in total. The highest BCUT2D eigenvalue weighted by atomic mass is 79.9. The number of carbonyl (C=O) groups is 2. The van der Waals surface area contributed by atoms with Crippen molar-refractivity contribution in [2.45, 2.75) is 32.2 Å². The molecule has 1 saturated heterocycles. The quantitative estimate of drug-likeness (QED) is 0.152. The van der Waals surface area contributed by atoms with Crippen LogP contribution in [0.1, 0.15) is 42.5 Å². The van der Waals surface area contributed by atoms with E-state index in [4.69, 9.17) is 4.74 Å². The number of aliphatic hydroxyl groups is 1. The largest absolute Gasteiger partial charge is 0.507 e. The molecule has 0 saturated carbocycles. The number of nitrogens with zero attached hydrogens (tertiary/aromatic N) is 1. The molecule has 3 aromatic carbocycles. The van der Waals surface area contributed by atoms with Crippen molar-refractivity contribution in [3.8, 4) is 5.75 Å². The zero-order valence-corrected chi connectivity index (χ0v) is 21.2. The smallest absolute Gasteiger partial charge is 0.295 e. The molecule has 0 spiro atoms. The average molecular weight is 534 g/mol. The molecule has 0 aromatic heterocycles. The second kappa shape index (κ2) is 11.4. The third-order valence-electron chi connectivity index (χ3n) is 6.08. The van der Waals surface area contributed by atoms with E-state index in [1.54, 1.807) is 23.1 Å². The molecule has 5 nitrogen and oxygen atoms in total. The molecule has 1 atom stereocenters. The molecular weight excluding hydrogens is 506 g/mol. The van der Waals surface area contributed by atoms with Crippen LogP contribution < -0.4 is 4.74 Å². The molecule has 6 heteroatoms. The molecule has 35 heavy (non-hydrogen) atoms. The molecule has 1 aliphatic rings. The number of carbonyl (C=O) groups excluding carboxylic acids is 2. The summed E-state index contributed by atoms with van der Waals surface area (Å²) in [5.74, 6) is -0.869. The van der Waals surface area contributed by atoms with Gasteiger partial charge in [-0.2, -0.15) is 0 Å². The van der Waals surface area contributed by atoms with Crippen molar-refractivity contribution in [3.63, 3.8) is 0 Å². The van der Waals surface area contributed by atoms with E-state index in [0.717, 1.165) is 28.4 Å². The summed E-state index contributed by atoms with van der Waals surface area (Å²) < 4.78 is 6.67. The summed E-state index contributed by atoms with van der Waals surface area (Å²) in [6.45, 7) is 3.01. The van der Waals surface area contributed by atoms with Crippen LogP contribution >= 0.6 is 15.9 Å². The molecule has 0 aliphatic carbocycles. The maximum absolute atomic E-state index is 13.2. The molecule has 1 fully saturated rings. The summed E-state index contributed by atoms with van der Waals surface area (Å²) in [7, 11) is 0. The third-order valence-corrected chi connectivity index (χ3v) is 6.61. The van der Waals surface area contributed by atoms with Crippen molar-refractivity contribution in [3.05, 3.63) is 106 Å². The fourth-order valence-electron chi connectivity index (χ4n) is 4.22. The van der Waals surface area contributed by atoms with E-state index in [2.05, 4.69) is 22.9 Å². The zero-order valence-electron chi connectivity index (χ0n) is 19.6. The second-order valence-electron chi connectivity index (χ2n) is 8.51. The number of likely N-dealkylation sites (tertiary alicyclic amines) is 1. The number of aliphatic hydroxyl groups excluding tert-OH is 1. The molecule has 1 amide bonds. The van der Waals surface area contributed by atoms with Crippen LogP contribution in [-0.4, -0.2) is 34.8 Å². The Bertz CT molecular complexity index is 1220. The molecule has 0 radical (unpaired) electrons. The van der Waals surface area contributed by atoms with E-state index < -0.39 is 17.7 Å². The Balaban J connectivity index is 1.73. The monoisotopic (exact) mass is 533 g/mol. The van der Waals surface area contributed by atoms with E-state index in [0.29, 0.717) is 30.9 Å². The number of rotatable bonds is 9. The number of hydrogen-bond acceptors (Lipinski definition) is 4. The van der Waals surface area contributed by atoms with Gasteiger partial charge in [-0.25, -0.2) is 0 Å². The lowest BCUT2D eigenvalue weighted by molar-refractivity contribution is -0.139. The number of hydrogen-bond donors (Lipinski definition) is 1. The van der Waals surface area contributed by atoms with Crippen LogP contribution in [-0.2, 0) is 16.0 Å². The van der Waals surface area contributed by atoms with Gasteiger partial charge >= 0.3 is 0 Å². The molecule has 1 aliphatic heterocycles. The first-order valence-corrected chi connectivity index (χ1v) is 12.6. The Hall–Kier alpha value is -3.38. The summed E-state index contributed by atoms with van der Waals surface area (Å²) >= 11 is 3.45. The maximum atomic E-state index is 13.2. The minimum absolute atomic E-state index is 0.0936. The number of ketones is 1. The van der Waals surface area contributed by atoms with Crippen LogP contribution in [0, 0.1) is 0 Å². The van der Waals surface area contributed by atoms with Gasteiger partial charge in [0.2, 0.25) is 0 Å². The second-order valence-corrected chi connectivity index (χ2v) is 9.43. The molecule has 4 rings (SSSR count). The summed E-state index contributed by atoms with van der Waals surface area (Å²) in [6.07, 6.45) is 2.53. The Morgan fingerprint density at radius 2 is 1.74 bits per heavy atom. The van der Waals surface area contributed by atoms with Gasteiger partial charge in [-0.05, 0) is 48.2 Å². The number of benzene rings is 3. The van der Waals surface area contributed by atoms with E-state index >= 15 is 0 Å². The van der Waals surface area contributed by atoms with Crippen LogP contribution in [0.2, 0.25) is 0 Å². The minimum atomic E-state index is -0.684. The standard InChI is InChI=1S/C29H28BrNO4/c1-2-3-18-35-24-11-7-10-22(19-24)27(32)25-26(21-12-14-23(30)15-13-21)31(29(34)28(25)33)17-16-20-8-5-4-6-9-20/h4-15,19,26,32H,2-3,16-18H2,1H3. The lowest BCUT2D eigenvalue weighted by Crippen LogP contribution is -2.31. The lowest BCUT2D eigenvalue weighted by atomic mass is 9.95. The molecule has 0 bridgehead atoms. The topological polar surface area (TPSA) is 66.8 Å². The first-order valence-electron chi connectivity index (χ1n) is 11.8. The zero-order chi connectivity index (χ0) is 24.8. The summed E-state index contributed by atoms with van der Waals surface area (Å²) in [5.41, 5.74) is 2.37. The fourth-order valence-corrected chi connectivity index (χ4v) is 4.48. The van der Waals surface area contributed by atoms with Gasteiger partial charge in [0.15, 0.2) is 0 Å². The van der Waals surface area contributed by atoms with Crippen molar-refractivity contribution < 1.29 is 19.4 Å². The third kappa shape index (κ3) is 5.65. The van der Waals surface area contributed by atoms with Crippen LogP contribution in [0.3, 0.4) is 0 Å². The first kappa shape index (κ1) is 24.7. The molecule has 1 unspecified atom stereocenters. The highest BCUT2D eigenvalue weighted by Crippen LogP contribution is 2.40. The highest BCUT2D eigenvalue weighted by Gasteiger charge is 2.45. The van der Waals surface area contributed by atoms with E-state index in [-0.39, 0.29) is 11.3 Å². The van der Waals surface area contributed by atoms with Crippen molar-refractivity contribution in [2.75, 3.05) is 13.2 Å². The van der Waals surface area contributed by atoms with Crippen LogP contribution in [0.25, 0.3) is 5.76 Å². The molecular formula is C29H28BrNO4.